The van der Waals surface area contributed by atoms with E-state index in [-0.39, 0.29) is 6.61 Å². The monoisotopic (exact) mass is 100 g/mol. The Morgan fingerprint density at radius 1 is 1.71 bits per heavy atom. The van der Waals surface area contributed by atoms with Gasteiger partial charge in [-0.2, -0.15) is 0 Å². The van der Waals surface area contributed by atoms with Gasteiger partial charge in [-0.25, -0.2) is 0 Å². The normalized spacial score (nSPS) is 6.57. The van der Waals surface area contributed by atoms with Gasteiger partial charge in [0.05, 0.1) is 6.61 Å². The largest absolute Gasteiger partial charge is 0.444 e. The van der Waals surface area contributed by atoms with Crippen molar-refractivity contribution in [2.45, 2.75) is 6.92 Å². The number of hydrogen-bond acceptors (Lipinski definition) is 2. The van der Waals surface area contributed by atoms with E-state index in [1.54, 1.807) is 6.92 Å². The summed E-state index contributed by atoms with van der Waals surface area (Å²) >= 11 is 0. The molecule has 0 aliphatic rings. The first-order valence-corrected chi connectivity index (χ1v) is 2.06. The molecule has 2 heteroatoms. The molecule has 0 fully saturated rings. The van der Waals surface area contributed by atoms with Gasteiger partial charge >= 0.3 is 0 Å². The summed E-state index contributed by atoms with van der Waals surface area (Å²) < 4.78 is 4.52. The van der Waals surface area contributed by atoms with E-state index in [9.17, 15) is 0 Å². The summed E-state index contributed by atoms with van der Waals surface area (Å²) in [7, 11) is 0. The number of hydrogen-bond donors (Lipinski definition) is 1. The van der Waals surface area contributed by atoms with Gasteiger partial charge in [-0.15, -0.1) is 0 Å². The predicted molar refractivity (Wildman–Crippen MR) is 26.5 cm³/mol. The van der Waals surface area contributed by atoms with Crippen molar-refractivity contribution in [1.82, 2.24) is 0 Å². The van der Waals surface area contributed by atoms with E-state index in [1.165, 1.54) is 0 Å². The third kappa shape index (κ3) is 5.32. The molecule has 0 aromatic heterocycles. The van der Waals surface area contributed by atoms with Gasteiger partial charge in [0.25, 0.3) is 0 Å². The molecule has 0 heterocycles. The topological polar surface area (TPSA) is 29.5 Å². The zero-order valence-corrected chi connectivity index (χ0v) is 4.27. The predicted octanol–water partition coefficient (Wildman–Crippen LogP) is -0.0239. The summed E-state index contributed by atoms with van der Waals surface area (Å²) in [5, 5.41) is 8.10. The van der Waals surface area contributed by atoms with Crippen molar-refractivity contribution in [3.8, 4) is 12.0 Å². The van der Waals surface area contributed by atoms with Gasteiger partial charge in [-0.05, 0) is 0 Å². The molecule has 0 radical (unpaired) electrons. The lowest BCUT2D eigenvalue weighted by Gasteiger charge is -1.86. The van der Waals surface area contributed by atoms with Gasteiger partial charge in [-0.3, -0.25) is 0 Å². The molecule has 1 N–H and O–H groups in total. The van der Waals surface area contributed by atoms with E-state index >= 15 is 0 Å². The fraction of sp³-hybridized carbons (Fsp3) is 0.600. The van der Waals surface area contributed by atoms with E-state index < -0.39 is 0 Å². The maximum atomic E-state index is 8.10. The van der Waals surface area contributed by atoms with Crippen LogP contribution in [-0.4, -0.2) is 18.3 Å². The van der Waals surface area contributed by atoms with Gasteiger partial charge in [0.15, 0.2) is 0 Å². The number of aliphatic hydroxyl groups excluding tert-OH is 1. The van der Waals surface area contributed by atoms with Crippen LogP contribution < -0.4 is 0 Å². The molecular formula is C5H8O2. The first kappa shape index (κ1) is 6.32. The molecule has 0 rings (SSSR count). The van der Waals surface area contributed by atoms with Crippen LogP contribution in [-0.2, 0) is 4.74 Å². The SMILES string of the molecule is CC#COCCO. The van der Waals surface area contributed by atoms with Crippen LogP contribution in [0.4, 0.5) is 0 Å². The third-order valence-corrected chi connectivity index (χ3v) is 0.368. The molecule has 0 saturated carbocycles. The number of rotatable bonds is 2. The first-order valence-electron chi connectivity index (χ1n) is 2.06. The minimum Gasteiger partial charge on any atom is -0.444 e. The fourth-order valence-electron chi connectivity index (χ4n) is 0.169. The Morgan fingerprint density at radius 3 is 2.86 bits per heavy atom. The van der Waals surface area contributed by atoms with Crippen LogP contribution in [0.1, 0.15) is 6.92 Å². The molecular weight excluding hydrogens is 92.1 g/mol. The minimum absolute atomic E-state index is 0.0364. The van der Waals surface area contributed by atoms with Crippen LogP contribution >= 0.6 is 0 Å². The molecule has 0 bridgehead atoms. The van der Waals surface area contributed by atoms with E-state index in [0.29, 0.717) is 6.61 Å². The highest BCUT2D eigenvalue weighted by Gasteiger charge is 1.71. The van der Waals surface area contributed by atoms with Gasteiger partial charge in [0, 0.05) is 6.92 Å². The van der Waals surface area contributed by atoms with Gasteiger partial charge < -0.3 is 9.84 Å². The van der Waals surface area contributed by atoms with Crippen LogP contribution in [0.3, 0.4) is 0 Å². The highest BCUT2D eigenvalue weighted by atomic mass is 16.5. The first-order chi connectivity index (χ1) is 3.41. The molecule has 0 aliphatic heterocycles. The third-order valence-electron chi connectivity index (χ3n) is 0.368. The molecule has 0 unspecified atom stereocenters. The molecule has 2 nitrogen and oxygen atoms in total. The Bertz CT molecular complexity index is 77.8. The lowest BCUT2D eigenvalue weighted by Crippen LogP contribution is -1.91. The Labute approximate surface area is 43.1 Å². The molecule has 0 atom stereocenters. The van der Waals surface area contributed by atoms with Crippen LogP contribution in [0.5, 0.6) is 0 Å². The standard InChI is InChI=1S/C5H8O2/c1-2-4-7-5-3-6/h6H,3,5H2,1H3. The van der Waals surface area contributed by atoms with Crippen LogP contribution in [0.25, 0.3) is 0 Å². The van der Waals surface area contributed by atoms with Gasteiger partial charge in [-0.1, -0.05) is 5.92 Å². The van der Waals surface area contributed by atoms with Gasteiger partial charge in [0.1, 0.15) is 12.7 Å². The molecule has 0 spiro atoms. The molecule has 7 heavy (non-hydrogen) atoms. The summed E-state index contributed by atoms with van der Waals surface area (Å²) in [6, 6.07) is 0. The molecule has 0 aromatic rings. The lowest BCUT2D eigenvalue weighted by molar-refractivity contribution is 0.180. The van der Waals surface area contributed by atoms with E-state index in [2.05, 4.69) is 16.8 Å². The minimum atomic E-state index is 0.0364. The molecule has 0 aliphatic carbocycles. The van der Waals surface area contributed by atoms with E-state index in [0.717, 1.165) is 0 Å². The van der Waals surface area contributed by atoms with Crippen molar-refractivity contribution in [3.05, 3.63) is 0 Å². The Morgan fingerprint density at radius 2 is 2.43 bits per heavy atom. The van der Waals surface area contributed by atoms with E-state index in [1.807, 2.05) is 0 Å². The smallest absolute Gasteiger partial charge is 0.123 e. The van der Waals surface area contributed by atoms with Crippen LogP contribution in [0.2, 0.25) is 0 Å². The molecule has 0 aromatic carbocycles. The van der Waals surface area contributed by atoms with Gasteiger partial charge in [0.2, 0.25) is 0 Å². The van der Waals surface area contributed by atoms with Crippen molar-refractivity contribution < 1.29 is 9.84 Å². The van der Waals surface area contributed by atoms with Crippen molar-refractivity contribution in [3.63, 3.8) is 0 Å². The molecule has 0 saturated heterocycles. The van der Waals surface area contributed by atoms with Crippen molar-refractivity contribution in [2.75, 3.05) is 13.2 Å². The summed E-state index contributed by atoms with van der Waals surface area (Å²) in [4.78, 5) is 0. The number of ether oxygens (including phenoxy) is 1. The fourth-order valence-corrected chi connectivity index (χ4v) is 0.169. The Kier molecular flexibility index (Phi) is 4.80. The zero-order chi connectivity index (χ0) is 5.54. The zero-order valence-electron chi connectivity index (χ0n) is 4.27. The van der Waals surface area contributed by atoms with Crippen molar-refractivity contribution >= 4 is 0 Å². The second-order valence-corrected chi connectivity index (χ2v) is 0.924. The van der Waals surface area contributed by atoms with Crippen LogP contribution in [0, 0.1) is 12.0 Å². The highest BCUT2D eigenvalue weighted by molar-refractivity contribution is 4.84. The quantitative estimate of drug-likeness (QED) is 0.390. The average Bonchev–Trinajstić information content (AvgIpc) is 1.69. The molecule has 0 amide bonds. The Balaban J connectivity index is 2.78. The maximum Gasteiger partial charge on any atom is 0.123 e. The van der Waals surface area contributed by atoms with Crippen molar-refractivity contribution in [1.29, 1.82) is 0 Å². The summed E-state index contributed by atoms with van der Waals surface area (Å²) in [6.45, 7) is 2.02. The number of aliphatic hydroxyl groups is 1. The lowest BCUT2D eigenvalue weighted by atomic mass is 10.8. The van der Waals surface area contributed by atoms with Crippen molar-refractivity contribution in [2.24, 2.45) is 0 Å². The van der Waals surface area contributed by atoms with E-state index in [4.69, 9.17) is 5.11 Å². The maximum absolute atomic E-state index is 8.10. The highest BCUT2D eigenvalue weighted by Crippen LogP contribution is 1.64. The van der Waals surface area contributed by atoms with Crippen LogP contribution in [0.15, 0.2) is 0 Å². The Hall–Kier alpha value is -0.680. The molecule has 40 valence electrons. The summed E-state index contributed by atoms with van der Waals surface area (Å²) in [5.74, 6) is 2.52. The second-order valence-electron chi connectivity index (χ2n) is 0.924. The summed E-state index contributed by atoms with van der Waals surface area (Å²) in [5.41, 5.74) is 0. The second kappa shape index (κ2) is 5.32. The average molecular weight is 100 g/mol. The summed E-state index contributed by atoms with van der Waals surface area (Å²) in [6.07, 6.45) is 2.34.